The fourth-order valence-electron chi connectivity index (χ4n) is 1.09. The molecule has 0 aromatic heterocycles. The van der Waals surface area contributed by atoms with Crippen LogP contribution < -0.4 is 0 Å². The molecular weight excluding hydrogens is 315 g/mol. The molecule has 72 valence electrons. The third-order valence-electron chi connectivity index (χ3n) is 1.80. The Labute approximate surface area is 101 Å². The Morgan fingerprint density at radius 2 is 2.15 bits per heavy atom. The quantitative estimate of drug-likeness (QED) is 0.720. The Balaban J connectivity index is 2.45. The Kier molecular flexibility index (Phi) is 5.37. The fraction of sp³-hybridized carbons (Fsp3) is 0.400. The zero-order valence-corrected chi connectivity index (χ0v) is 11.1. The van der Waals surface area contributed by atoms with Crippen LogP contribution >= 0.6 is 43.5 Å². The second-order valence-electron chi connectivity index (χ2n) is 2.92. The molecule has 0 saturated carbocycles. The number of aryl methyl sites for hydroxylation is 1. The highest BCUT2D eigenvalue weighted by atomic mass is 79.9. The standard InChI is InChI=1S/C10H11Br2Cl/c11-9-3-1-2-8(6-9)4-5-10(12)7-13/h1-3,6,10H,4-5,7H2. The van der Waals surface area contributed by atoms with E-state index < -0.39 is 0 Å². The highest BCUT2D eigenvalue weighted by Gasteiger charge is 2.02. The van der Waals surface area contributed by atoms with Crippen LogP contribution in [0.5, 0.6) is 0 Å². The van der Waals surface area contributed by atoms with E-state index in [1.807, 2.05) is 6.07 Å². The van der Waals surface area contributed by atoms with Crippen molar-refractivity contribution in [1.29, 1.82) is 0 Å². The molecular formula is C10H11Br2Cl. The maximum Gasteiger partial charge on any atom is 0.0349 e. The van der Waals surface area contributed by atoms with E-state index in [0.29, 0.717) is 10.7 Å². The predicted molar refractivity (Wildman–Crippen MR) is 65.9 cm³/mol. The van der Waals surface area contributed by atoms with Crippen molar-refractivity contribution in [3.8, 4) is 0 Å². The van der Waals surface area contributed by atoms with Crippen LogP contribution in [0.1, 0.15) is 12.0 Å². The molecule has 0 aliphatic rings. The van der Waals surface area contributed by atoms with E-state index in [-0.39, 0.29) is 0 Å². The second-order valence-corrected chi connectivity index (χ2v) is 5.44. The van der Waals surface area contributed by atoms with Crippen molar-refractivity contribution >= 4 is 43.5 Å². The molecule has 1 unspecified atom stereocenters. The van der Waals surface area contributed by atoms with Crippen molar-refractivity contribution in [2.45, 2.75) is 17.7 Å². The third-order valence-corrected chi connectivity index (χ3v) is 3.82. The van der Waals surface area contributed by atoms with E-state index in [2.05, 4.69) is 50.1 Å². The van der Waals surface area contributed by atoms with Gasteiger partial charge in [0.05, 0.1) is 0 Å². The number of benzene rings is 1. The molecule has 0 N–H and O–H groups in total. The van der Waals surface area contributed by atoms with E-state index in [1.165, 1.54) is 5.56 Å². The topological polar surface area (TPSA) is 0 Å². The normalized spacial score (nSPS) is 12.8. The van der Waals surface area contributed by atoms with Crippen LogP contribution in [-0.4, -0.2) is 10.7 Å². The van der Waals surface area contributed by atoms with Crippen molar-refractivity contribution in [2.75, 3.05) is 5.88 Å². The molecule has 0 fully saturated rings. The number of rotatable bonds is 4. The van der Waals surface area contributed by atoms with Gasteiger partial charge < -0.3 is 0 Å². The number of halogens is 3. The molecule has 1 atom stereocenters. The Morgan fingerprint density at radius 1 is 1.38 bits per heavy atom. The maximum absolute atomic E-state index is 5.69. The van der Waals surface area contributed by atoms with Crippen molar-refractivity contribution < 1.29 is 0 Å². The van der Waals surface area contributed by atoms with Gasteiger partial charge in [0.2, 0.25) is 0 Å². The number of hydrogen-bond donors (Lipinski definition) is 0. The Morgan fingerprint density at radius 3 is 2.77 bits per heavy atom. The highest BCUT2D eigenvalue weighted by Crippen LogP contribution is 2.16. The van der Waals surface area contributed by atoms with Gasteiger partial charge in [0.1, 0.15) is 0 Å². The average molecular weight is 326 g/mol. The highest BCUT2D eigenvalue weighted by molar-refractivity contribution is 9.10. The molecule has 0 spiro atoms. The predicted octanol–water partition coefficient (Wildman–Crippen LogP) is 4.38. The molecule has 0 nitrogen and oxygen atoms in total. The number of alkyl halides is 2. The molecule has 0 aliphatic heterocycles. The van der Waals surface area contributed by atoms with Crippen molar-refractivity contribution in [3.63, 3.8) is 0 Å². The molecule has 0 heterocycles. The SMILES string of the molecule is ClCC(Br)CCc1cccc(Br)c1. The maximum atomic E-state index is 5.69. The Bertz CT molecular complexity index is 263. The molecule has 1 rings (SSSR count). The van der Waals surface area contributed by atoms with E-state index in [4.69, 9.17) is 11.6 Å². The van der Waals surface area contributed by atoms with Crippen LogP contribution in [0.25, 0.3) is 0 Å². The lowest BCUT2D eigenvalue weighted by atomic mass is 10.1. The molecule has 1 aromatic rings. The Hall–Kier alpha value is 0.470. The zero-order chi connectivity index (χ0) is 9.68. The summed E-state index contributed by atoms with van der Waals surface area (Å²) in [5.41, 5.74) is 1.35. The first-order chi connectivity index (χ1) is 6.22. The molecule has 0 bridgehead atoms. The van der Waals surface area contributed by atoms with Crippen LogP contribution in [0, 0.1) is 0 Å². The zero-order valence-electron chi connectivity index (χ0n) is 7.14. The molecule has 0 radical (unpaired) electrons. The van der Waals surface area contributed by atoms with Gasteiger partial charge in [-0.2, -0.15) is 0 Å². The van der Waals surface area contributed by atoms with Gasteiger partial charge >= 0.3 is 0 Å². The third kappa shape index (κ3) is 4.48. The minimum atomic E-state index is 0.424. The molecule has 1 aromatic carbocycles. The summed E-state index contributed by atoms with van der Waals surface area (Å²) in [5.74, 6) is 0.675. The molecule has 0 saturated heterocycles. The minimum Gasteiger partial charge on any atom is -0.126 e. The molecule has 13 heavy (non-hydrogen) atoms. The minimum absolute atomic E-state index is 0.424. The summed E-state index contributed by atoms with van der Waals surface area (Å²) in [6, 6.07) is 8.38. The summed E-state index contributed by atoms with van der Waals surface area (Å²) in [7, 11) is 0. The van der Waals surface area contributed by atoms with E-state index in [9.17, 15) is 0 Å². The largest absolute Gasteiger partial charge is 0.126 e. The van der Waals surface area contributed by atoms with Gasteiger partial charge in [0, 0.05) is 15.2 Å². The second kappa shape index (κ2) is 6.05. The number of hydrogen-bond acceptors (Lipinski definition) is 0. The summed E-state index contributed by atoms with van der Waals surface area (Å²) < 4.78 is 1.14. The summed E-state index contributed by atoms with van der Waals surface area (Å²) in [6.45, 7) is 0. The first-order valence-electron chi connectivity index (χ1n) is 4.17. The average Bonchev–Trinajstić information content (AvgIpc) is 2.14. The van der Waals surface area contributed by atoms with Gasteiger partial charge in [-0.1, -0.05) is 44.0 Å². The van der Waals surface area contributed by atoms with Crippen LogP contribution in [-0.2, 0) is 6.42 Å². The van der Waals surface area contributed by atoms with Crippen molar-refractivity contribution in [1.82, 2.24) is 0 Å². The molecule has 0 amide bonds. The van der Waals surface area contributed by atoms with Crippen LogP contribution in [0.4, 0.5) is 0 Å². The van der Waals surface area contributed by atoms with E-state index in [1.54, 1.807) is 0 Å². The van der Waals surface area contributed by atoms with Gasteiger partial charge in [-0.3, -0.25) is 0 Å². The van der Waals surface area contributed by atoms with Crippen LogP contribution in [0.2, 0.25) is 0 Å². The lowest BCUT2D eigenvalue weighted by Crippen LogP contribution is -2.01. The molecule has 3 heteroatoms. The smallest absolute Gasteiger partial charge is 0.0349 e. The summed E-state index contributed by atoms with van der Waals surface area (Å²) in [5, 5.41) is 0. The van der Waals surface area contributed by atoms with Gasteiger partial charge in [0.25, 0.3) is 0 Å². The van der Waals surface area contributed by atoms with E-state index in [0.717, 1.165) is 17.3 Å². The first kappa shape index (κ1) is 11.5. The first-order valence-corrected chi connectivity index (χ1v) is 6.41. The van der Waals surface area contributed by atoms with Gasteiger partial charge in [-0.15, -0.1) is 11.6 Å². The van der Waals surface area contributed by atoms with Gasteiger partial charge in [-0.25, -0.2) is 0 Å². The van der Waals surface area contributed by atoms with Gasteiger partial charge in [-0.05, 0) is 30.5 Å². The monoisotopic (exact) mass is 324 g/mol. The summed E-state index contributed by atoms with van der Waals surface area (Å²) >= 11 is 12.7. The van der Waals surface area contributed by atoms with E-state index >= 15 is 0 Å². The van der Waals surface area contributed by atoms with Crippen molar-refractivity contribution in [3.05, 3.63) is 34.3 Å². The summed E-state index contributed by atoms with van der Waals surface area (Å²) in [6.07, 6.45) is 2.15. The van der Waals surface area contributed by atoms with Crippen LogP contribution in [0.15, 0.2) is 28.7 Å². The molecule has 0 aliphatic carbocycles. The van der Waals surface area contributed by atoms with Gasteiger partial charge in [0.15, 0.2) is 0 Å². The summed E-state index contributed by atoms with van der Waals surface area (Å²) in [4.78, 5) is 0.424. The van der Waals surface area contributed by atoms with Crippen LogP contribution in [0.3, 0.4) is 0 Å². The fourth-order valence-corrected chi connectivity index (χ4v) is 1.92. The lowest BCUT2D eigenvalue weighted by molar-refractivity contribution is 0.826. The lowest BCUT2D eigenvalue weighted by Gasteiger charge is -2.05. The van der Waals surface area contributed by atoms with Crippen molar-refractivity contribution in [2.24, 2.45) is 0 Å².